The van der Waals surface area contributed by atoms with Gasteiger partial charge in [0.25, 0.3) is 0 Å². The fourth-order valence-corrected chi connectivity index (χ4v) is 2.64. The van der Waals surface area contributed by atoms with Gasteiger partial charge in [-0.3, -0.25) is 4.79 Å². The normalized spacial score (nSPS) is 18.9. The van der Waals surface area contributed by atoms with Gasteiger partial charge in [0.1, 0.15) is 0 Å². The van der Waals surface area contributed by atoms with Gasteiger partial charge in [-0.25, -0.2) is 0 Å². The highest BCUT2D eigenvalue weighted by Crippen LogP contribution is 2.33. The van der Waals surface area contributed by atoms with Crippen LogP contribution in [0, 0.1) is 5.41 Å². The molecule has 3 nitrogen and oxygen atoms in total. The molecule has 0 aromatic heterocycles. The Balaban J connectivity index is 2.68. The van der Waals surface area contributed by atoms with Crippen LogP contribution in [0.5, 0.6) is 0 Å². The lowest BCUT2D eigenvalue weighted by Crippen LogP contribution is -2.49. The molecule has 94 valence electrons. The van der Waals surface area contributed by atoms with Crippen LogP contribution in [0.3, 0.4) is 0 Å². The van der Waals surface area contributed by atoms with Crippen molar-refractivity contribution in [2.24, 2.45) is 11.1 Å². The van der Waals surface area contributed by atoms with Crippen LogP contribution in [0.4, 0.5) is 0 Å². The van der Waals surface area contributed by atoms with Crippen molar-refractivity contribution in [2.45, 2.75) is 58.9 Å². The SMILES string of the molecule is CCC(CC)(CC)C(=O)N1CCC(N)CC1. The van der Waals surface area contributed by atoms with Gasteiger partial charge in [0, 0.05) is 24.5 Å². The van der Waals surface area contributed by atoms with E-state index >= 15 is 0 Å². The van der Waals surface area contributed by atoms with E-state index in [1.165, 1.54) is 0 Å². The number of nitrogens with two attached hydrogens (primary N) is 1. The standard InChI is InChI=1S/C13H26N2O/c1-4-13(5-2,6-3)12(16)15-9-7-11(14)8-10-15/h11H,4-10,14H2,1-3H3. The average Bonchev–Trinajstić information content (AvgIpc) is 2.33. The first-order valence-corrected chi connectivity index (χ1v) is 6.64. The number of likely N-dealkylation sites (tertiary alicyclic amines) is 1. The van der Waals surface area contributed by atoms with Gasteiger partial charge in [-0.05, 0) is 32.1 Å². The lowest BCUT2D eigenvalue weighted by Gasteiger charge is -2.38. The molecule has 1 heterocycles. The van der Waals surface area contributed by atoms with Crippen molar-refractivity contribution in [3.63, 3.8) is 0 Å². The zero-order valence-corrected chi connectivity index (χ0v) is 11.0. The molecular weight excluding hydrogens is 200 g/mol. The molecule has 0 atom stereocenters. The summed E-state index contributed by atoms with van der Waals surface area (Å²) >= 11 is 0. The van der Waals surface area contributed by atoms with Gasteiger partial charge in [0.15, 0.2) is 0 Å². The first-order valence-electron chi connectivity index (χ1n) is 6.64. The Morgan fingerprint density at radius 3 is 2.00 bits per heavy atom. The number of nitrogens with zero attached hydrogens (tertiary/aromatic N) is 1. The van der Waals surface area contributed by atoms with Crippen LogP contribution in [0.2, 0.25) is 0 Å². The highest BCUT2D eigenvalue weighted by atomic mass is 16.2. The van der Waals surface area contributed by atoms with Gasteiger partial charge < -0.3 is 10.6 Å². The van der Waals surface area contributed by atoms with Crippen molar-refractivity contribution in [1.29, 1.82) is 0 Å². The highest BCUT2D eigenvalue weighted by Gasteiger charge is 2.37. The van der Waals surface area contributed by atoms with Crippen LogP contribution < -0.4 is 5.73 Å². The second-order valence-electron chi connectivity index (χ2n) is 4.97. The van der Waals surface area contributed by atoms with Gasteiger partial charge in [0.2, 0.25) is 5.91 Å². The molecule has 0 radical (unpaired) electrons. The summed E-state index contributed by atoms with van der Waals surface area (Å²) in [5.74, 6) is 0.354. The lowest BCUT2D eigenvalue weighted by atomic mass is 9.78. The molecule has 1 saturated heterocycles. The smallest absolute Gasteiger partial charge is 0.228 e. The number of hydrogen-bond donors (Lipinski definition) is 1. The second-order valence-corrected chi connectivity index (χ2v) is 4.97. The summed E-state index contributed by atoms with van der Waals surface area (Å²) in [5, 5.41) is 0. The second kappa shape index (κ2) is 5.67. The Bertz CT molecular complexity index is 220. The van der Waals surface area contributed by atoms with Crippen molar-refractivity contribution in [3.05, 3.63) is 0 Å². The van der Waals surface area contributed by atoms with E-state index in [4.69, 9.17) is 5.73 Å². The first kappa shape index (κ1) is 13.5. The van der Waals surface area contributed by atoms with Crippen LogP contribution in [-0.2, 0) is 4.79 Å². The third kappa shape index (κ3) is 2.57. The summed E-state index contributed by atoms with van der Waals surface area (Å²) in [6.07, 6.45) is 4.75. The average molecular weight is 226 g/mol. The minimum absolute atomic E-state index is 0.124. The zero-order chi connectivity index (χ0) is 12.2. The minimum Gasteiger partial charge on any atom is -0.342 e. The predicted octanol–water partition coefficient (Wildman–Crippen LogP) is 2.15. The topological polar surface area (TPSA) is 46.3 Å². The molecule has 0 spiro atoms. The quantitative estimate of drug-likeness (QED) is 0.798. The summed E-state index contributed by atoms with van der Waals surface area (Å²) in [7, 11) is 0. The van der Waals surface area contributed by atoms with E-state index in [9.17, 15) is 4.79 Å². The van der Waals surface area contributed by atoms with Crippen LogP contribution >= 0.6 is 0 Å². The molecule has 2 N–H and O–H groups in total. The predicted molar refractivity (Wildman–Crippen MR) is 67.1 cm³/mol. The van der Waals surface area contributed by atoms with Crippen LogP contribution in [0.25, 0.3) is 0 Å². The number of carbonyl (C=O) groups excluding carboxylic acids is 1. The zero-order valence-electron chi connectivity index (χ0n) is 11.0. The van der Waals surface area contributed by atoms with Crippen molar-refractivity contribution in [3.8, 4) is 0 Å². The molecule has 0 saturated carbocycles. The Labute approximate surface area is 99.4 Å². The summed E-state index contributed by atoms with van der Waals surface area (Å²) in [6, 6.07) is 0.295. The largest absolute Gasteiger partial charge is 0.342 e. The Morgan fingerprint density at radius 2 is 1.62 bits per heavy atom. The van der Waals surface area contributed by atoms with E-state index in [1.54, 1.807) is 0 Å². The van der Waals surface area contributed by atoms with Gasteiger partial charge >= 0.3 is 0 Å². The third-order valence-electron chi connectivity index (χ3n) is 4.31. The minimum atomic E-state index is -0.124. The number of piperidine rings is 1. The van der Waals surface area contributed by atoms with Gasteiger partial charge in [0.05, 0.1) is 0 Å². The number of amides is 1. The third-order valence-corrected chi connectivity index (χ3v) is 4.31. The lowest BCUT2D eigenvalue weighted by molar-refractivity contribution is -0.144. The van der Waals surface area contributed by atoms with E-state index in [-0.39, 0.29) is 5.41 Å². The molecule has 0 aromatic rings. The fourth-order valence-electron chi connectivity index (χ4n) is 2.64. The van der Waals surface area contributed by atoms with Gasteiger partial charge in [-0.15, -0.1) is 0 Å². The van der Waals surface area contributed by atoms with Crippen LogP contribution in [0.1, 0.15) is 52.9 Å². The van der Waals surface area contributed by atoms with Crippen LogP contribution in [-0.4, -0.2) is 29.9 Å². The maximum Gasteiger partial charge on any atom is 0.228 e. The Morgan fingerprint density at radius 1 is 1.19 bits per heavy atom. The van der Waals surface area contributed by atoms with E-state index in [1.807, 2.05) is 4.90 Å². The summed E-state index contributed by atoms with van der Waals surface area (Å²) in [6.45, 7) is 8.07. The monoisotopic (exact) mass is 226 g/mol. The van der Waals surface area contributed by atoms with Crippen molar-refractivity contribution < 1.29 is 4.79 Å². The van der Waals surface area contributed by atoms with E-state index in [2.05, 4.69) is 20.8 Å². The maximum absolute atomic E-state index is 12.5. The van der Waals surface area contributed by atoms with Crippen LogP contribution in [0.15, 0.2) is 0 Å². The molecular formula is C13H26N2O. The number of carbonyl (C=O) groups is 1. The summed E-state index contributed by atoms with van der Waals surface area (Å²) in [5.41, 5.74) is 5.74. The summed E-state index contributed by atoms with van der Waals surface area (Å²) < 4.78 is 0. The van der Waals surface area contributed by atoms with Gasteiger partial charge in [-0.1, -0.05) is 20.8 Å². The fraction of sp³-hybridized carbons (Fsp3) is 0.923. The van der Waals surface area contributed by atoms with Crippen molar-refractivity contribution in [2.75, 3.05) is 13.1 Å². The molecule has 0 aliphatic carbocycles. The van der Waals surface area contributed by atoms with E-state index < -0.39 is 0 Å². The molecule has 3 heteroatoms. The first-order chi connectivity index (χ1) is 7.59. The van der Waals surface area contributed by atoms with Crippen molar-refractivity contribution in [1.82, 2.24) is 4.90 Å². The summed E-state index contributed by atoms with van der Waals surface area (Å²) in [4.78, 5) is 14.5. The molecule has 1 amide bonds. The molecule has 1 fully saturated rings. The Hall–Kier alpha value is -0.570. The molecule has 1 aliphatic heterocycles. The number of hydrogen-bond acceptors (Lipinski definition) is 2. The van der Waals surface area contributed by atoms with E-state index in [0.29, 0.717) is 11.9 Å². The maximum atomic E-state index is 12.5. The Kier molecular flexibility index (Phi) is 4.78. The molecule has 0 bridgehead atoms. The molecule has 1 rings (SSSR count). The molecule has 16 heavy (non-hydrogen) atoms. The molecule has 0 aromatic carbocycles. The highest BCUT2D eigenvalue weighted by molar-refractivity contribution is 5.82. The number of rotatable bonds is 4. The van der Waals surface area contributed by atoms with E-state index in [0.717, 1.165) is 45.2 Å². The molecule has 0 unspecified atom stereocenters. The van der Waals surface area contributed by atoms with Crippen molar-refractivity contribution >= 4 is 5.91 Å². The van der Waals surface area contributed by atoms with Gasteiger partial charge in [-0.2, -0.15) is 0 Å². The molecule has 1 aliphatic rings.